The highest BCUT2D eigenvalue weighted by molar-refractivity contribution is 5.99. The molecule has 1 aromatic heterocycles. The molecule has 2 aromatic carbocycles. The zero-order valence-corrected chi connectivity index (χ0v) is 14.8. The average molecular weight is 339 g/mol. The van der Waals surface area contributed by atoms with Crippen molar-refractivity contribution in [3.8, 4) is 11.5 Å². The summed E-state index contributed by atoms with van der Waals surface area (Å²) >= 11 is 0. The van der Waals surface area contributed by atoms with Crippen LogP contribution < -0.4 is 14.8 Å². The quantitative estimate of drug-likeness (QED) is 0.755. The normalized spacial score (nSPS) is 12.0. The number of carbonyl (C=O) groups excluding carboxylic acids is 1. The highest BCUT2D eigenvalue weighted by atomic mass is 16.5. The fourth-order valence-corrected chi connectivity index (χ4v) is 2.86. The maximum Gasteiger partial charge on any atom is 0.287 e. The van der Waals surface area contributed by atoms with Gasteiger partial charge in [0.25, 0.3) is 5.91 Å². The van der Waals surface area contributed by atoms with Gasteiger partial charge in [-0.1, -0.05) is 24.3 Å². The van der Waals surface area contributed by atoms with Gasteiger partial charge < -0.3 is 19.2 Å². The predicted molar refractivity (Wildman–Crippen MR) is 96.4 cm³/mol. The fourth-order valence-electron chi connectivity index (χ4n) is 2.86. The Labute approximate surface area is 146 Å². The third-order valence-corrected chi connectivity index (χ3v) is 4.31. The van der Waals surface area contributed by atoms with Crippen molar-refractivity contribution in [2.75, 3.05) is 14.2 Å². The molecule has 0 saturated heterocycles. The van der Waals surface area contributed by atoms with Crippen LogP contribution in [0, 0.1) is 6.92 Å². The van der Waals surface area contributed by atoms with Crippen molar-refractivity contribution in [2.45, 2.75) is 19.9 Å². The number of fused-ring (bicyclic) bond motifs is 1. The molecule has 0 spiro atoms. The average Bonchev–Trinajstić information content (AvgIpc) is 2.98. The second-order valence-corrected chi connectivity index (χ2v) is 5.86. The summed E-state index contributed by atoms with van der Waals surface area (Å²) in [6.45, 7) is 3.80. The van der Waals surface area contributed by atoms with E-state index in [9.17, 15) is 4.79 Å². The fraction of sp³-hybridized carbons (Fsp3) is 0.250. The monoisotopic (exact) mass is 339 g/mol. The largest absolute Gasteiger partial charge is 0.493 e. The Balaban J connectivity index is 1.83. The van der Waals surface area contributed by atoms with Gasteiger partial charge in [-0.25, -0.2) is 0 Å². The smallest absolute Gasteiger partial charge is 0.287 e. The number of amides is 1. The van der Waals surface area contributed by atoms with E-state index >= 15 is 0 Å². The van der Waals surface area contributed by atoms with E-state index in [1.54, 1.807) is 14.2 Å². The minimum atomic E-state index is -0.240. The standard InChI is InChI=1S/C20H21NO4/c1-12-15-7-5-6-8-16(15)25-19(12)20(22)21-13(2)14-9-10-17(23-3)18(11-14)24-4/h5-11,13H,1-4H3,(H,21,22). The molecule has 3 aromatic rings. The Morgan fingerprint density at radius 2 is 1.80 bits per heavy atom. The van der Waals surface area contributed by atoms with Crippen molar-refractivity contribution in [3.05, 3.63) is 59.4 Å². The van der Waals surface area contributed by atoms with Crippen molar-refractivity contribution in [3.63, 3.8) is 0 Å². The van der Waals surface area contributed by atoms with Crippen LogP contribution in [0.3, 0.4) is 0 Å². The summed E-state index contributed by atoms with van der Waals surface area (Å²) in [4.78, 5) is 12.6. The Morgan fingerprint density at radius 1 is 1.08 bits per heavy atom. The summed E-state index contributed by atoms with van der Waals surface area (Å²) in [5.41, 5.74) is 2.47. The van der Waals surface area contributed by atoms with Crippen LogP contribution in [-0.4, -0.2) is 20.1 Å². The molecule has 0 saturated carbocycles. The Bertz CT molecular complexity index is 913. The molecule has 3 rings (SSSR count). The van der Waals surface area contributed by atoms with Gasteiger partial charge in [0.15, 0.2) is 17.3 Å². The molecule has 0 radical (unpaired) electrons. The van der Waals surface area contributed by atoms with E-state index in [1.807, 2.05) is 56.3 Å². The molecule has 0 aliphatic rings. The number of nitrogens with one attached hydrogen (secondary N) is 1. The Kier molecular flexibility index (Phi) is 4.65. The maximum atomic E-state index is 12.6. The van der Waals surface area contributed by atoms with Crippen LogP contribution in [0.2, 0.25) is 0 Å². The second-order valence-electron chi connectivity index (χ2n) is 5.86. The lowest BCUT2D eigenvalue weighted by atomic mass is 10.1. The topological polar surface area (TPSA) is 60.7 Å². The molecular formula is C20H21NO4. The van der Waals surface area contributed by atoms with E-state index in [1.165, 1.54) is 0 Å². The minimum absolute atomic E-state index is 0.208. The summed E-state index contributed by atoms with van der Waals surface area (Å²) in [7, 11) is 3.18. The van der Waals surface area contributed by atoms with E-state index < -0.39 is 0 Å². The molecule has 0 bridgehead atoms. The third kappa shape index (κ3) is 3.18. The zero-order valence-electron chi connectivity index (χ0n) is 14.8. The number of hydrogen-bond acceptors (Lipinski definition) is 4. The lowest BCUT2D eigenvalue weighted by molar-refractivity contribution is 0.0913. The van der Waals surface area contributed by atoms with Crippen molar-refractivity contribution in [2.24, 2.45) is 0 Å². The minimum Gasteiger partial charge on any atom is -0.493 e. The van der Waals surface area contributed by atoms with Crippen LogP contribution in [0.1, 0.15) is 34.6 Å². The number of furan rings is 1. The Morgan fingerprint density at radius 3 is 2.48 bits per heavy atom. The molecule has 1 heterocycles. The lowest BCUT2D eigenvalue weighted by Gasteiger charge is -2.16. The SMILES string of the molecule is COc1ccc(C(C)NC(=O)c2oc3ccccc3c2C)cc1OC. The number of rotatable bonds is 5. The summed E-state index contributed by atoms with van der Waals surface area (Å²) in [5, 5.41) is 3.92. The number of ether oxygens (including phenoxy) is 2. The molecule has 5 heteroatoms. The van der Waals surface area contributed by atoms with Crippen molar-refractivity contribution in [1.29, 1.82) is 0 Å². The first kappa shape index (κ1) is 16.9. The van der Waals surface area contributed by atoms with Crippen LogP contribution in [0.15, 0.2) is 46.9 Å². The molecule has 0 aliphatic heterocycles. The first-order valence-corrected chi connectivity index (χ1v) is 8.06. The number of carbonyl (C=O) groups is 1. The molecular weight excluding hydrogens is 318 g/mol. The molecule has 1 amide bonds. The van der Waals surface area contributed by atoms with Gasteiger partial charge in [-0.05, 0) is 37.6 Å². The number of aryl methyl sites for hydroxylation is 1. The molecule has 25 heavy (non-hydrogen) atoms. The molecule has 1 atom stereocenters. The van der Waals surface area contributed by atoms with Crippen LogP contribution in [0.4, 0.5) is 0 Å². The summed E-state index contributed by atoms with van der Waals surface area (Å²) in [6.07, 6.45) is 0. The number of benzene rings is 2. The van der Waals surface area contributed by atoms with Crippen LogP contribution >= 0.6 is 0 Å². The van der Waals surface area contributed by atoms with Crippen molar-refractivity contribution < 1.29 is 18.7 Å². The van der Waals surface area contributed by atoms with Gasteiger partial charge in [0.05, 0.1) is 20.3 Å². The van der Waals surface area contributed by atoms with Crippen molar-refractivity contribution in [1.82, 2.24) is 5.32 Å². The van der Waals surface area contributed by atoms with Gasteiger partial charge in [0, 0.05) is 10.9 Å². The van der Waals surface area contributed by atoms with E-state index in [2.05, 4.69) is 5.32 Å². The zero-order chi connectivity index (χ0) is 18.0. The summed E-state index contributed by atoms with van der Waals surface area (Å²) < 4.78 is 16.3. The summed E-state index contributed by atoms with van der Waals surface area (Å²) in [6, 6.07) is 13.0. The van der Waals surface area contributed by atoms with Gasteiger partial charge in [0.2, 0.25) is 0 Å². The van der Waals surface area contributed by atoms with Crippen LogP contribution in [0.5, 0.6) is 11.5 Å². The molecule has 0 fully saturated rings. The van der Waals surface area contributed by atoms with Gasteiger partial charge >= 0.3 is 0 Å². The van der Waals surface area contributed by atoms with E-state index in [4.69, 9.17) is 13.9 Å². The number of hydrogen-bond donors (Lipinski definition) is 1. The molecule has 5 nitrogen and oxygen atoms in total. The second kappa shape index (κ2) is 6.89. The first-order valence-electron chi connectivity index (χ1n) is 8.06. The van der Waals surface area contributed by atoms with Gasteiger partial charge in [0.1, 0.15) is 5.58 Å². The van der Waals surface area contributed by atoms with Crippen molar-refractivity contribution >= 4 is 16.9 Å². The molecule has 1 unspecified atom stereocenters. The molecule has 130 valence electrons. The maximum absolute atomic E-state index is 12.6. The highest BCUT2D eigenvalue weighted by Gasteiger charge is 2.20. The number of methoxy groups -OCH3 is 2. The predicted octanol–water partition coefficient (Wildman–Crippen LogP) is 4.25. The first-order chi connectivity index (χ1) is 12.0. The van der Waals surface area contributed by atoms with Crippen LogP contribution in [-0.2, 0) is 0 Å². The summed E-state index contributed by atoms with van der Waals surface area (Å²) in [5.74, 6) is 1.38. The van der Waals surface area contributed by atoms with Gasteiger partial charge in [-0.3, -0.25) is 4.79 Å². The third-order valence-electron chi connectivity index (χ3n) is 4.31. The number of para-hydroxylation sites is 1. The lowest BCUT2D eigenvalue weighted by Crippen LogP contribution is -2.26. The molecule has 1 N–H and O–H groups in total. The van der Waals surface area contributed by atoms with Gasteiger partial charge in [-0.15, -0.1) is 0 Å². The highest BCUT2D eigenvalue weighted by Crippen LogP contribution is 2.30. The van der Waals surface area contributed by atoms with E-state index in [0.29, 0.717) is 22.8 Å². The van der Waals surface area contributed by atoms with E-state index in [0.717, 1.165) is 16.5 Å². The van der Waals surface area contributed by atoms with E-state index in [-0.39, 0.29) is 11.9 Å². The van der Waals surface area contributed by atoms with Crippen LogP contribution in [0.25, 0.3) is 11.0 Å². The molecule has 0 aliphatic carbocycles. The Hall–Kier alpha value is -2.95. The van der Waals surface area contributed by atoms with Gasteiger partial charge in [-0.2, -0.15) is 0 Å².